The molecule has 0 atom stereocenters. The highest BCUT2D eigenvalue weighted by atomic mass is 31.2. The Balaban J connectivity index is 1.42. The molecular weight excluding hydrogens is 533 g/mol. The van der Waals surface area contributed by atoms with Gasteiger partial charge in [0.05, 0.1) is 13.2 Å². The molecule has 40 heavy (non-hydrogen) atoms. The topological polar surface area (TPSA) is 102 Å². The van der Waals surface area contributed by atoms with Crippen molar-refractivity contribution in [3.8, 4) is 11.5 Å². The summed E-state index contributed by atoms with van der Waals surface area (Å²) in [6.07, 6.45) is 0.0430. The van der Waals surface area contributed by atoms with Gasteiger partial charge < -0.3 is 28.0 Å². The average Bonchev–Trinajstić information content (AvgIpc) is 2.94. The first-order chi connectivity index (χ1) is 19.3. The Kier molecular flexibility index (Phi) is 12.5. The number of hydrogen-bond acceptors (Lipinski definition) is 8. The fraction of sp³-hybridized carbons (Fsp3) is 0.367. The molecule has 0 aliphatic heterocycles. The molecule has 0 heterocycles. The van der Waals surface area contributed by atoms with Crippen LogP contribution in [0.4, 0.5) is 4.79 Å². The highest BCUT2D eigenvalue weighted by Gasteiger charge is 2.25. The zero-order valence-corrected chi connectivity index (χ0v) is 24.4. The Bertz CT molecular complexity index is 1220. The Labute approximate surface area is 236 Å². The molecule has 10 heteroatoms. The average molecular weight is 572 g/mol. The van der Waals surface area contributed by atoms with Crippen LogP contribution in [0.3, 0.4) is 0 Å². The van der Waals surface area contributed by atoms with Crippen molar-refractivity contribution < 1.29 is 37.4 Å². The van der Waals surface area contributed by atoms with Crippen LogP contribution in [-0.2, 0) is 36.1 Å². The highest BCUT2D eigenvalue weighted by molar-refractivity contribution is 7.53. The Morgan fingerprint density at radius 1 is 0.825 bits per heavy atom. The van der Waals surface area contributed by atoms with Crippen LogP contribution in [0.1, 0.15) is 41.7 Å². The molecule has 0 radical (unpaired) electrons. The SMILES string of the molecule is CCOP(=O)(COc1cc(C)c(Cc2ccc(OCOCNC(=O)OCc3ccccc3)cc2)c(C)c1)OCC. The van der Waals surface area contributed by atoms with Crippen LogP contribution in [0.15, 0.2) is 66.7 Å². The Morgan fingerprint density at radius 3 is 2.10 bits per heavy atom. The quantitative estimate of drug-likeness (QED) is 0.115. The predicted octanol–water partition coefficient (Wildman–Crippen LogP) is 6.73. The summed E-state index contributed by atoms with van der Waals surface area (Å²) in [6.45, 7) is 8.33. The number of benzene rings is 3. The van der Waals surface area contributed by atoms with Gasteiger partial charge in [-0.25, -0.2) is 4.79 Å². The second-order valence-corrected chi connectivity index (χ2v) is 10.9. The van der Waals surface area contributed by atoms with Gasteiger partial charge in [0.1, 0.15) is 24.8 Å². The van der Waals surface area contributed by atoms with E-state index in [1.54, 1.807) is 13.8 Å². The molecule has 3 rings (SSSR count). The third-order valence-electron chi connectivity index (χ3n) is 5.85. The van der Waals surface area contributed by atoms with E-state index < -0.39 is 13.7 Å². The predicted molar refractivity (Wildman–Crippen MR) is 153 cm³/mol. The molecule has 0 bridgehead atoms. The largest absolute Gasteiger partial charge is 0.481 e. The smallest absolute Gasteiger partial charge is 0.409 e. The summed E-state index contributed by atoms with van der Waals surface area (Å²) < 4.78 is 45.1. The first kappa shape index (κ1) is 31.2. The van der Waals surface area contributed by atoms with Crippen LogP contribution in [0.5, 0.6) is 11.5 Å². The maximum atomic E-state index is 12.7. The normalized spacial score (nSPS) is 11.2. The Morgan fingerprint density at radius 2 is 1.48 bits per heavy atom. The lowest BCUT2D eigenvalue weighted by Gasteiger charge is -2.19. The summed E-state index contributed by atoms with van der Waals surface area (Å²) in [5.41, 5.74) is 5.35. The van der Waals surface area contributed by atoms with Crippen LogP contribution < -0.4 is 14.8 Å². The van der Waals surface area contributed by atoms with Gasteiger partial charge in [-0.15, -0.1) is 0 Å². The maximum absolute atomic E-state index is 12.7. The van der Waals surface area contributed by atoms with Gasteiger partial charge in [0.15, 0.2) is 13.1 Å². The molecule has 0 spiro atoms. The minimum atomic E-state index is -3.28. The van der Waals surface area contributed by atoms with Crippen molar-refractivity contribution in [2.75, 3.05) is 33.1 Å². The molecule has 9 nitrogen and oxygen atoms in total. The van der Waals surface area contributed by atoms with Crippen LogP contribution >= 0.6 is 7.60 Å². The number of aryl methyl sites for hydroxylation is 2. The molecule has 0 saturated carbocycles. The lowest BCUT2D eigenvalue weighted by atomic mass is 9.96. The van der Waals surface area contributed by atoms with Gasteiger partial charge in [-0.3, -0.25) is 9.88 Å². The third kappa shape index (κ3) is 10.3. The summed E-state index contributed by atoms with van der Waals surface area (Å²) >= 11 is 0. The fourth-order valence-electron chi connectivity index (χ4n) is 3.92. The highest BCUT2D eigenvalue weighted by Crippen LogP contribution is 2.48. The van der Waals surface area contributed by atoms with Crippen molar-refractivity contribution in [2.45, 2.75) is 40.7 Å². The number of carbonyl (C=O) groups is 1. The van der Waals surface area contributed by atoms with Crippen LogP contribution in [0.25, 0.3) is 0 Å². The molecule has 0 unspecified atom stereocenters. The zero-order chi connectivity index (χ0) is 28.8. The van der Waals surface area contributed by atoms with E-state index in [2.05, 4.69) is 5.32 Å². The van der Waals surface area contributed by atoms with E-state index in [1.807, 2.05) is 80.6 Å². The van der Waals surface area contributed by atoms with Crippen molar-refractivity contribution >= 4 is 13.7 Å². The molecule has 0 saturated heterocycles. The standard InChI is InChI=1S/C30H38NO8P/c1-5-38-40(33,39-6-2)22-37-28-16-23(3)29(24(4)17-28)18-25-12-14-27(15-13-25)36-21-34-20-31-30(32)35-19-26-10-8-7-9-11-26/h7-17H,5-6,18-22H2,1-4H3,(H,31,32). The summed E-state index contributed by atoms with van der Waals surface area (Å²) in [5.74, 6) is 1.28. The molecule has 3 aromatic rings. The van der Waals surface area contributed by atoms with Gasteiger partial charge in [-0.1, -0.05) is 42.5 Å². The molecule has 1 amide bonds. The van der Waals surface area contributed by atoms with Crippen molar-refractivity contribution in [3.05, 3.63) is 94.5 Å². The number of nitrogens with one attached hydrogen (secondary N) is 1. The van der Waals surface area contributed by atoms with Crippen molar-refractivity contribution in [3.63, 3.8) is 0 Å². The van der Waals surface area contributed by atoms with Crippen molar-refractivity contribution in [1.29, 1.82) is 0 Å². The minimum Gasteiger partial charge on any atom is -0.481 e. The first-order valence-electron chi connectivity index (χ1n) is 13.2. The maximum Gasteiger partial charge on any atom is 0.409 e. The van der Waals surface area contributed by atoms with Crippen molar-refractivity contribution in [2.24, 2.45) is 0 Å². The van der Waals surface area contributed by atoms with Gasteiger partial charge >= 0.3 is 13.7 Å². The van der Waals surface area contributed by atoms with Crippen LogP contribution in [-0.4, -0.2) is 39.2 Å². The summed E-state index contributed by atoms with van der Waals surface area (Å²) in [5, 5.41) is 2.52. The van der Waals surface area contributed by atoms with Crippen molar-refractivity contribution in [1.82, 2.24) is 5.32 Å². The van der Waals surface area contributed by atoms with E-state index in [9.17, 15) is 9.36 Å². The second-order valence-electron chi connectivity index (χ2n) is 8.93. The molecule has 0 aliphatic rings. The number of hydrogen-bond donors (Lipinski definition) is 1. The number of amides is 1. The number of carbonyl (C=O) groups excluding carboxylic acids is 1. The van der Waals surface area contributed by atoms with E-state index in [0.29, 0.717) is 11.5 Å². The molecular formula is C30H38NO8P. The van der Waals surface area contributed by atoms with Crippen LogP contribution in [0, 0.1) is 13.8 Å². The summed E-state index contributed by atoms with van der Waals surface area (Å²) in [7, 11) is -3.28. The van der Waals surface area contributed by atoms with E-state index in [-0.39, 0.29) is 39.7 Å². The summed E-state index contributed by atoms with van der Waals surface area (Å²) in [4.78, 5) is 11.7. The number of ether oxygens (including phenoxy) is 4. The van der Waals surface area contributed by atoms with Gasteiger partial charge in [0.25, 0.3) is 0 Å². The van der Waals surface area contributed by atoms with Gasteiger partial charge in [0, 0.05) is 0 Å². The lowest BCUT2D eigenvalue weighted by molar-refractivity contribution is 0.00513. The monoisotopic (exact) mass is 571 g/mol. The molecule has 0 aromatic heterocycles. The fourth-order valence-corrected chi connectivity index (χ4v) is 5.24. The van der Waals surface area contributed by atoms with E-state index >= 15 is 0 Å². The van der Waals surface area contributed by atoms with E-state index in [0.717, 1.165) is 28.7 Å². The second kappa shape index (κ2) is 16.0. The Hall–Kier alpha value is -3.36. The first-order valence-corrected chi connectivity index (χ1v) is 14.9. The molecule has 1 N–H and O–H groups in total. The zero-order valence-electron chi connectivity index (χ0n) is 23.5. The number of rotatable bonds is 16. The minimum absolute atomic E-state index is 0.0164. The van der Waals surface area contributed by atoms with E-state index in [4.69, 9.17) is 28.0 Å². The van der Waals surface area contributed by atoms with Gasteiger partial charge in [0.2, 0.25) is 0 Å². The lowest BCUT2D eigenvalue weighted by Crippen LogP contribution is -2.27. The molecule has 0 aliphatic carbocycles. The van der Waals surface area contributed by atoms with Gasteiger partial charge in [-0.2, -0.15) is 0 Å². The van der Waals surface area contributed by atoms with E-state index in [1.165, 1.54) is 5.56 Å². The molecule has 0 fully saturated rings. The summed E-state index contributed by atoms with van der Waals surface area (Å²) in [6, 6.07) is 21.1. The third-order valence-corrected chi connectivity index (χ3v) is 7.60. The molecule has 216 valence electrons. The number of alkyl carbamates (subject to hydrolysis) is 1. The van der Waals surface area contributed by atoms with Crippen LogP contribution in [0.2, 0.25) is 0 Å². The molecule has 3 aromatic carbocycles. The van der Waals surface area contributed by atoms with Gasteiger partial charge in [-0.05, 0) is 86.2 Å².